The zero-order valence-electron chi connectivity index (χ0n) is 17.9. The number of hydrogen-bond acceptors (Lipinski definition) is 6. The normalized spacial score (nSPS) is 19.5. The lowest BCUT2D eigenvalue weighted by Gasteiger charge is -2.23. The Labute approximate surface area is 195 Å². The predicted octanol–water partition coefficient (Wildman–Crippen LogP) is 5.70. The van der Waals surface area contributed by atoms with Gasteiger partial charge in [0.15, 0.2) is 10.9 Å². The SMILES string of the molecule is O=C(Nc1nccs1)C1CCCN1C(=O)c1oc2ccccc2c1CSC1CCCCC1. The van der Waals surface area contributed by atoms with Crippen LogP contribution >= 0.6 is 23.1 Å². The summed E-state index contributed by atoms with van der Waals surface area (Å²) in [7, 11) is 0. The van der Waals surface area contributed by atoms with E-state index >= 15 is 0 Å². The van der Waals surface area contributed by atoms with E-state index in [2.05, 4.69) is 10.3 Å². The topological polar surface area (TPSA) is 75.4 Å². The van der Waals surface area contributed by atoms with Crippen molar-refractivity contribution in [3.05, 3.63) is 47.2 Å². The van der Waals surface area contributed by atoms with E-state index < -0.39 is 6.04 Å². The number of carbonyl (C=O) groups excluding carboxylic acids is 2. The lowest BCUT2D eigenvalue weighted by Crippen LogP contribution is -2.43. The molecule has 1 aromatic carbocycles. The van der Waals surface area contributed by atoms with Gasteiger partial charge in [0.2, 0.25) is 5.91 Å². The van der Waals surface area contributed by atoms with E-state index in [9.17, 15) is 9.59 Å². The molecule has 2 aromatic heterocycles. The van der Waals surface area contributed by atoms with Gasteiger partial charge in [-0.1, -0.05) is 37.5 Å². The van der Waals surface area contributed by atoms with Crippen molar-refractivity contribution in [2.45, 2.75) is 62.0 Å². The second kappa shape index (κ2) is 9.67. The van der Waals surface area contributed by atoms with Gasteiger partial charge in [-0.25, -0.2) is 4.98 Å². The molecule has 3 aromatic rings. The second-order valence-electron chi connectivity index (χ2n) is 8.46. The average Bonchev–Trinajstić information content (AvgIpc) is 3.57. The molecular formula is C24H27N3O3S2. The number of hydrogen-bond donors (Lipinski definition) is 1. The van der Waals surface area contributed by atoms with Crippen molar-refractivity contribution < 1.29 is 14.0 Å². The minimum Gasteiger partial charge on any atom is -0.451 e. The quantitative estimate of drug-likeness (QED) is 0.501. The number of nitrogens with zero attached hydrogens (tertiary/aromatic N) is 2. The average molecular weight is 470 g/mol. The van der Waals surface area contributed by atoms with Gasteiger partial charge in [-0.15, -0.1) is 11.3 Å². The third-order valence-corrected chi connectivity index (χ3v) is 8.47. The van der Waals surface area contributed by atoms with Gasteiger partial charge in [-0.3, -0.25) is 9.59 Å². The van der Waals surface area contributed by atoms with Crippen LogP contribution < -0.4 is 5.32 Å². The number of carbonyl (C=O) groups is 2. The number of fused-ring (bicyclic) bond motifs is 1. The number of rotatable bonds is 6. The van der Waals surface area contributed by atoms with Crippen LogP contribution in [-0.4, -0.2) is 39.5 Å². The van der Waals surface area contributed by atoms with E-state index in [1.54, 1.807) is 11.1 Å². The molecule has 1 saturated heterocycles. The fourth-order valence-electron chi connectivity index (χ4n) is 4.73. The van der Waals surface area contributed by atoms with Crippen molar-refractivity contribution in [2.24, 2.45) is 0 Å². The van der Waals surface area contributed by atoms with Crippen molar-refractivity contribution >= 4 is 51.0 Å². The number of benzene rings is 1. The highest BCUT2D eigenvalue weighted by Gasteiger charge is 2.37. The largest absolute Gasteiger partial charge is 0.451 e. The number of amides is 2. The molecule has 1 aliphatic heterocycles. The summed E-state index contributed by atoms with van der Waals surface area (Å²) in [5.41, 5.74) is 1.70. The fraction of sp³-hybridized carbons (Fsp3) is 0.458. The standard InChI is InChI=1S/C24H27N3O3S2/c28-22(26-24-25-12-14-31-24)19-10-6-13-27(19)23(29)21-18(15-32-16-7-2-1-3-8-16)17-9-4-5-11-20(17)30-21/h4-5,9,11-12,14,16,19H,1-3,6-8,10,13,15H2,(H,25,26,28). The number of nitrogens with one attached hydrogen (secondary N) is 1. The Balaban J connectivity index is 1.38. The molecule has 0 bridgehead atoms. The predicted molar refractivity (Wildman–Crippen MR) is 129 cm³/mol. The van der Waals surface area contributed by atoms with E-state index in [0.717, 1.165) is 28.7 Å². The first-order valence-electron chi connectivity index (χ1n) is 11.3. The van der Waals surface area contributed by atoms with Gasteiger partial charge in [0, 0.05) is 40.1 Å². The number of furan rings is 1. The number of anilines is 1. The molecule has 1 N–H and O–H groups in total. The van der Waals surface area contributed by atoms with Crippen LogP contribution in [0.2, 0.25) is 0 Å². The minimum atomic E-state index is -0.501. The van der Waals surface area contributed by atoms with Gasteiger partial charge in [-0.05, 0) is 31.7 Å². The maximum absolute atomic E-state index is 13.6. The van der Waals surface area contributed by atoms with Crippen LogP contribution in [-0.2, 0) is 10.5 Å². The molecule has 2 amide bonds. The molecule has 3 heterocycles. The van der Waals surface area contributed by atoms with Crippen LogP contribution in [0.15, 0.2) is 40.3 Å². The van der Waals surface area contributed by atoms with Crippen molar-refractivity contribution in [3.63, 3.8) is 0 Å². The molecule has 0 spiro atoms. The first-order chi connectivity index (χ1) is 15.7. The molecule has 2 aliphatic rings. The Morgan fingerprint density at radius 2 is 2.00 bits per heavy atom. The summed E-state index contributed by atoms with van der Waals surface area (Å²) in [5, 5.41) is 6.87. The summed E-state index contributed by atoms with van der Waals surface area (Å²) in [5.74, 6) is 0.785. The maximum Gasteiger partial charge on any atom is 0.290 e. The van der Waals surface area contributed by atoms with Crippen molar-refractivity contribution in [2.75, 3.05) is 11.9 Å². The highest BCUT2D eigenvalue weighted by molar-refractivity contribution is 7.99. The summed E-state index contributed by atoms with van der Waals surface area (Å²) in [4.78, 5) is 32.3. The number of thioether (sulfide) groups is 1. The van der Waals surface area contributed by atoms with Crippen LogP contribution in [0.3, 0.4) is 0 Å². The summed E-state index contributed by atoms with van der Waals surface area (Å²) >= 11 is 3.31. The monoisotopic (exact) mass is 469 g/mol. The Morgan fingerprint density at radius 1 is 1.16 bits per heavy atom. The van der Waals surface area contributed by atoms with Crippen LogP contribution in [0.25, 0.3) is 11.0 Å². The molecule has 2 fully saturated rings. The summed E-state index contributed by atoms with van der Waals surface area (Å²) in [6.07, 6.45) is 9.50. The van der Waals surface area contributed by atoms with Gasteiger partial charge in [0.25, 0.3) is 5.91 Å². The smallest absolute Gasteiger partial charge is 0.290 e. The molecule has 1 unspecified atom stereocenters. The minimum absolute atomic E-state index is 0.181. The highest BCUT2D eigenvalue weighted by atomic mass is 32.2. The number of aromatic nitrogens is 1. The molecule has 5 rings (SSSR count). The Bertz CT molecular complexity index is 1090. The number of thiazole rings is 1. The molecule has 168 valence electrons. The van der Waals surface area contributed by atoms with E-state index in [1.165, 1.54) is 43.4 Å². The molecule has 8 heteroatoms. The lowest BCUT2D eigenvalue weighted by atomic mass is 10.0. The Hall–Kier alpha value is -2.32. The molecular weight excluding hydrogens is 442 g/mol. The van der Waals surface area contributed by atoms with E-state index in [4.69, 9.17) is 4.42 Å². The summed E-state index contributed by atoms with van der Waals surface area (Å²) < 4.78 is 6.10. The van der Waals surface area contributed by atoms with Crippen LogP contribution in [0.5, 0.6) is 0 Å². The molecule has 1 aliphatic carbocycles. The van der Waals surface area contributed by atoms with Crippen LogP contribution in [0.4, 0.5) is 5.13 Å². The van der Waals surface area contributed by atoms with Crippen molar-refractivity contribution in [1.29, 1.82) is 0 Å². The van der Waals surface area contributed by atoms with Gasteiger partial charge in [0.1, 0.15) is 11.6 Å². The zero-order valence-corrected chi connectivity index (χ0v) is 19.6. The molecule has 0 radical (unpaired) electrons. The van der Waals surface area contributed by atoms with E-state index in [1.807, 2.05) is 41.4 Å². The molecule has 1 atom stereocenters. The molecule has 32 heavy (non-hydrogen) atoms. The van der Waals surface area contributed by atoms with E-state index in [0.29, 0.717) is 29.1 Å². The molecule has 6 nitrogen and oxygen atoms in total. The third-order valence-electron chi connectivity index (χ3n) is 6.39. The summed E-state index contributed by atoms with van der Waals surface area (Å²) in [6, 6.07) is 7.36. The van der Waals surface area contributed by atoms with Gasteiger partial charge in [-0.2, -0.15) is 11.8 Å². The first-order valence-corrected chi connectivity index (χ1v) is 13.3. The van der Waals surface area contributed by atoms with Crippen LogP contribution in [0, 0.1) is 0 Å². The van der Waals surface area contributed by atoms with Crippen molar-refractivity contribution in [1.82, 2.24) is 9.88 Å². The number of likely N-dealkylation sites (tertiary alicyclic amines) is 1. The lowest BCUT2D eigenvalue weighted by molar-refractivity contribution is -0.119. The van der Waals surface area contributed by atoms with E-state index in [-0.39, 0.29) is 11.8 Å². The van der Waals surface area contributed by atoms with Crippen LogP contribution in [0.1, 0.15) is 61.1 Å². The number of para-hydroxylation sites is 1. The first kappa shape index (κ1) is 21.5. The van der Waals surface area contributed by atoms with Gasteiger partial charge < -0.3 is 14.6 Å². The maximum atomic E-state index is 13.6. The van der Waals surface area contributed by atoms with Crippen molar-refractivity contribution in [3.8, 4) is 0 Å². The third kappa shape index (κ3) is 4.43. The zero-order chi connectivity index (χ0) is 21.9. The highest BCUT2D eigenvalue weighted by Crippen LogP contribution is 2.36. The van der Waals surface area contributed by atoms with Gasteiger partial charge in [0.05, 0.1) is 0 Å². The summed E-state index contributed by atoms with van der Waals surface area (Å²) in [6.45, 7) is 0.557. The Morgan fingerprint density at radius 3 is 2.81 bits per heavy atom. The molecule has 1 saturated carbocycles. The Kier molecular flexibility index (Phi) is 6.50. The van der Waals surface area contributed by atoms with Gasteiger partial charge >= 0.3 is 0 Å². The fourth-order valence-corrected chi connectivity index (χ4v) is 6.62. The second-order valence-corrected chi connectivity index (χ2v) is 10.6.